The first-order valence-corrected chi connectivity index (χ1v) is 10.1. The van der Waals surface area contributed by atoms with Gasteiger partial charge in [-0.25, -0.2) is 4.98 Å². The molecule has 0 atom stereocenters. The molecule has 7 heteroatoms. The second kappa shape index (κ2) is 8.91. The van der Waals surface area contributed by atoms with Crippen LogP contribution in [0.1, 0.15) is 17.5 Å². The molecule has 0 aliphatic rings. The lowest BCUT2D eigenvalue weighted by molar-refractivity contribution is 0.340. The first-order valence-electron chi connectivity index (χ1n) is 8.43. The van der Waals surface area contributed by atoms with Gasteiger partial charge in [0, 0.05) is 10.9 Å². The third-order valence-electron chi connectivity index (χ3n) is 3.90. The van der Waals surface area contributed by atoms with Gasteiger partial charge in [0.2, 0.25) is 0 Å². The second-order valence-corrected chi connectivity index (χ2v) is 7.43. The van der Waals surface area contributed by atoms with E-state index in [1.165, 1.54) is 18.4 Å². The summed E-state index contributed by atoms with van der Waals surface area (Å²) in [5.41, 5.74) is 2.91. The summed E-state index contributed by atoms with van der Waals surface area (Å²) in [5, 5.41) is 22.1. The molecule has 0 unspecified atom stereocenters. The fourth-order valence-corrected chi connectivity index (χ4v) is 3.81. The molecule has 0 radical (unpaired) electrons. The summed E-state index contributed by atoms with van der Waals surface area (Å²) >= 11 is 4.69. The van der Waals surface area contributed by atoms with Gasteiger partial charge in [0.15, 0.2) is 11.5 Å². The molecule has 0 amide bonds. The molecule has 2 aromatic carbocycles. The summed E-state index contributed by atoms with van der Waals surface area (Å²) in [7, 11) is 1.48. The van der Waals surface area contributed by atoms with Crippen LogP contribution in [0.15, 0.2) is 46.3 Å². The molecule has 0 spiro atoms. The lowest BCUT2D eigenvalue weighted by Gasteiger charge is -2.06. The van der Waals surface area contributed by atoms with Crippen LogP contribution in [0.5, 0.6) is 17.2 Å². The number of ether oxygens (including phenoxy) is 2. The number of halogens is 1. The van der Waals surface area contributed by atoms with E-state index >= 15 is 0 Å². The quantitative estimate of drug-likeness (QED) is 0.477. The van der Waals surface area contributed by atoms with E-state index in [-0.39, 0.29) is 5.75 Å². The zero-order valence-electron chi connectivity index (χ0n) is 15.3. The average Bonchev–Trinajstić information content (AvgIpc) is 3.19. The highest BCUT2D eigenvalue weighted by Gasteiger charge is 2.12. The molecule has 0 fully saturated rings. The molecule has 0 bridgehead atoms. The highest BCUT2D eigenvalue weighted by Crippen LogP contribution is 2.36. The number of nitriles is 1. The molecule has 3 rings (SSSR count). The normalized spacial score (nSPS) is 11.1. The van der Waals surface area contributed by atoms with Crippen molar-refractivity contribution < 1.29 is 14.6 Å². The Labute approximate surface area is 175 Å². The van der Waals surface area contributed by atoms with E-state index in [2.05, 4.69) is 27.0 Å². The number of benzene rings is 2. The van der Waals surface area contributed by atoms with E-state index in [0.717, 1.165) is 22.6 Å². The van der Waals surface area contributed by atoms with Gasteiger partial charge in [-0.1, -0.05) is 0 Å². The van der Waals surface area contributed by atoms with E-state index in [0.29, 0.717) is 27.4 Å². The van der Waals surface area contributed by atoms with Crippen molar-refractivity contribution >= 4 is 38.9 Å². The van der Waals surface area contributed by atoms with Gasteiger partial charge in [-0.05, 0) is 70.9 Å². The number of phenolic OH excluding ortho intramolecular Hbond substituents is 1. The number of nitrogens with zero attached hydrogens (tertiary/aromatic N) is 2. The van der Waals surface area contributed by atoms with Gasteiger partial charge < -0.3 is 14.6 Å². The van der Waals surface area contributed by atoms with E-state index in [1.54, 1.807) is 18.2 Å². The molecule has 5 nitrogen and oxygen atoms in total. The van der Waals surface area contributed by atoms with Crippen molar-refractivity contribution in [1.29, 1.82) is 5.26 Å². The Morgan fingerprint density at radius 2 is 2.07 bits per heavy atom. The molecule has 1 aromatic heterocycles. The average molecular weight is 457 g/mol. The fourth-order valence-electron chi connectivity index (χ4n) is 2.56. The van der Waals surface area contributed by atoms with Crippen LogP contribution >= 0.6 is 27.3 Å². The summed E-state index contributed by atoms with van der Waals surface area (Å²) in [6.07, 6.45) is 1.72. The Balaban J connectivity index is 1.91. The second-order valence-electron chi connectivity index (χ2n) is 5.72. The van der Waals surface area contributed by atoms with Crippen molar-refractivity contribution in [2.75, 3.05) is 13.7 Å². The predicted octanol–water partition coefficient (Wildman–Crippen LogP) is 5.75. The van der Waals surface area contributed by atoms with Crippen molar-refractivity contribution in [2.45, 2.75) is 6.92 Å². The lowest BCUT2D eigenvalue weighted by atomic mass is 10.1. The van der Waals surface area contributed by atoms with Gasteiger partial charge in [-0.3, -0.25) is 0 Å². The van der Waals surface area contributed by atoms with E-state index in [1.807, 2.05) is 36.6 Å². The lowest BCUT2D eigenvalue weighted by Crippen LogP contribution is -1.90. The third kappa shape index (κ3) is 4.35. The SMILES string of the molecule is CCOc1ccc(-c2csc(/C(C#N)=C/c3cc(Br)c(O)c(OC)c3)n2)cc1. The topological polar surface area (TPSA) is 75.4 Å². The smallest absolute Gasteiger partial charge is 0.172 e. The molecular formula is C21H17BrN2O3S. The maximum atomic E-state index is 9.94. The Bertz CT molecular complexity index is 1050. The van der Waals surface area contributed by atoms with Crippen LogP contribution in [0.2, 0.25) is 0 Å². The highest BCUT2D eigenvalue weighted by molar-refractivity contribution is 9.10. The summed E-state index contributed by atoms with van der Waals surface area (Å²) in [5.74, 6) is 1.16. The maximum absolute atomic E-state index is 9.94. The number of hydrogen-bond donors (Lipinski definition) is 1. The van der Waals surface area contributed by atoms with Gasteiger partial charge in [0.05, 0.1) is 29.5 Å². The molecule has 0 aliphatic carbocycles. The van der Waals surface area contributed by atoms with Crippen LogP contribution in [0.25, 0.3) is 22.9 Å². The summed E-state index contributed by atoms with van der Waals surface area (Å²) in [6, 6.07) is 13.3. The number of hydrogen-bond acceptors (Lipinski definition) is 6. The Morgan fingerprint density at radius 1 is 1.32 bits per heavy atom. The first-order chi connectivity index (χ1) is 13.5. The molecule has 0 aliphatic heterocycles. The van der Waals surface area contributed by atoms with Crippen molar-refractivity contribution in [3.8, 4) is 34.6 Å². The molecule has 3 aromatic rings. The molecule has 0 saturated carbocycles. The zero-order chi connectivity index (χ0) is 20.1. The van der Waals surface area contributed by atoms with Gasteiger partial charge in [-0.2, -0.15) is 5.26 Å². The predicted molar refractivity (Wildman–Crippen MR) is 115 cm³/mol. The van der Waals surface area contributed by atoms with Crippen LogP contribution in [-0.4, -0.2) is 23.8 Å². The van der Waals surface area contributed by atoms with E-state index in [9.17, 15) is 10.4 Å². The molecule has 28 heavy (non-hydrogen) atoms. The van der Waals surface area contributed by atoms with Crippen LogP contribution in [0.4, 0.5) is 0 Å². The third-order valence-corrected chi connectivity index (χ3v) is 5.38. The fraction of sp³-hybridized carbons (Fsp3) is 0.143. The number of allylic oxidation sites excluding steroid dienone is 1. The number of phenols is 1. The van der Waals surface area contributed by atoms with E-state index < -0.39 is 0 Å². The van der Waals surface area contributed by atoms with Gasteiger partial charge in [0.25, 0.3) is 0 Å². The minimum absolute atomic E-state index is 0.0187. The van der Waals surface area contributed by atoms with Crippen molar-refractivity contribution in [2.24, 2.45) is 0 Å². The molecule has 142 valence electrons. The largest absolute Gasteiger partial charge is 0.503 e. The van der Waals surface area contributed by atoms with Crippen LogP contribution in [0, 0.1) is 11.3 Å². The number of aromatic hydroxyl groups is 1. The van der Waals surface area contributed by atoms with Gasteiger partial charge in [0.1, 0.15) is 16.8 Å². The molecular weight excluding hydrogens is 440 g/mol. The molecule has 1 N–H and O–H groups in total. The summed E-state index contributed by atoms with van der Waals surface area (Å²) in [6.45, 7) is 2.56. The van der Waals surface area contributed by atoms with Crippen LogP contribution in [-0.2, 0) is 0 Å². The van der Waals surface area contributed by atoms with Crippen molar-refractivity contribution in [1.82, 2.24) is 4.98 Å². The van der Waals surface area contributed by atoms with Gasteiger partial charge >= 0.3 is 0 Å². The molecule has 0 saturated heterocycles. The van der Waals surface area contributed by atoms with Crippen molar-refractivity contribution in [3.05, 3.63) is 56.8 Å². The van der Waals surface area contributed by atoms with Crippen LogP contribution in [0.3, 0.4) is 0 Å². The van der Waals surface area contributed by atoms with Gasteiger partial charge in [-0.15, -0.1) is 11.3 Å². The number of thiazole rings is 1. The Kier molecular flexibility index (Phi) is 6.34. The Hall–Kier alpha value is -2.82. The summed E-state index contributed by atoms with van der Waals surface area (Å²) < 4.78 is 11.1. The van der Waals surface area contributed by atoms with E-state index in [4.69, 9.17) is 9.47 Å². The minimum Gasteiger partial charge on any atom is -0.503 e. The molecule has 1 heterocycles. The standard InChI is InChI=1S/C21H17BrN2O3S/c1-3-27-16-6-4-14(5-7-16)18-12-28-21(24-18)15(11-23)8-13-9-17(22)20(25)19(10-13)26-2/h4-10,12,25H,3H2,1-2H3/b15-8+. The summed E-state index contributed by atoms with van der Waals surface area (Å²) in [4.78, 5) is 4.60. The van der Waals surface area contributed by atoms with Crippen LogP contribution < -0.4 is 9.47 Å². The highest BCUT2D eigenvalue weighted by atomic mass is 79.9. The first kappa shape index (κ1) is 19.9. The number of methoxy groups -OCH3 is 1. The Morgan fingerprint density at radius 3 is 2.71 bits per heavy atom. The van der Waals surface area contributed by atoms with Crippen molar-refractivity contribution in [3.63, 3.8) is 0 Å². The number of aromatic nitrogens is 1. The number of rotatable bonds is 6. The maximum Gasteiger partial charge on any atom is 0.172 e. The minimum atomic E-state index is 0.0187. The zero-order valence-corrected chi connectivity index (χ0v) is 17.7. The monoisotopic (exact) mass is 456 g/mol.